The molecule has 3 N–H and O–H groups in total. The fourth-order valence-electron chi connectivity index (χ4n) is 3.37. The lowest BCUT2D eigenvalue weighted by Gasteiger charge is -2.37. The Labute approximate surface area is 146 Å². The number of hydrogen-bond acceptors (Lipinski definition) is 3. The van der Waals surface area contributed by atoms with E-state index in [1.165, 1.54) is 0 Å². The van der Waals surface area contributed by atoms with E-state index >= 15 is 0 Å². The number of benzene rings is 3. The molecule has 2 unspecified atom stereocenters. The Bertz CT molecular complexity index is 894. The number of carbonyl (C=O) groups is 1. The maximum Gasteiger partial charge on any atom is 0.337 e. The van der Waals surface area contributed by atoms with Crippen LogP contribution in [-0.2, 0) is 0 Å². The van der Waals surface area contributed by atoms with Crippen molar-refractivity contribution in [2.75, 3.05) is 10.6 Å². The standard InChI is InChI=1S/C21H18N2O2/c24-21(25)16-12-7-13-17-20(16)23-19(15-10-5-2-6-11-15)18(22-17)14-8-3-1-4-9-14/h1-13,18-19,22-23H,(H,24,25). The minimum atomic E-state index is -0.934. The van der Waals surface area contributed by atoms with Gasteiger partial charge in [0, 0.05) is 0 Å². The zero-order valence-electron chi connectivity index (χ0n) is 13.5. The lowest BCUT2D eigenvalue weighted by molar-refractivity contribution is 0.0698. The molecule has 0 saturated carbocycles. The van der Waals surface area contributed by atoms with Crippen LogP contribution in [0, 0.1) is 0 Å². The molecule has 4 nitrogen and oxygen atoms in total. The highest BCUT2D eigenvalue weighted by atomic mass is 16.4. The van der Waals surface area contributed by atoms with Crippen LogP contribution in [0.5, 0.6) is 0 Å². The molecular formula is C21H18N2O2. The van der Waals surface area contributed by atoms with E-state index in [9.17, 15) is 9.90 Å². The molecule has 1 aliphatic heterocycles. The molecule has 0 spiro atoms. The second-order valence-corrected chi connectivity index (χ2v) is 6.10. The maximum atomic E-state index is 11.6. The summed E-state index contributed by atoms with van der Waals surface area (Å²) in [5.74, 6) is -0.934. The highest BCUT2D eigenvalue weighted by molar-refractivity contribution is 5.98. The van der Waals surface area contributed by atoms with Crippen LogP contribution in [0.1, 0.15) is 33.6 Å². The number of hydrogen-bond donors (Lipinski definition) is 3. The van der Waals surface area contributed by atoms with E-state index in [0.717, 1.165) is 16.8 Å². The molecule has 1 aliphatic rings. The molecule has 0 aromatic heterocycles. The first-order chi connectivity index (χ1) is 12.2. The predicted molar refractivity (Wildman–Crippen MR) is 99.0 cm³/mol. The van der Waals surface area contributed by atoms with Crippen LogP contribution in [0.15, 0.2) is 78.9 Å². The minimum absolute atomic E-state index is 0.000134. The van der Waals surface area contributed by atoms with Crippen LogP contribution >= 0.6 is 0 Å². The highest BCUT2D eigenvalue weighted by Crippen LogP contribution is 2.43. The van der Waals surface area contributed by atoms with Gasteiger partial charge in [-0.3, -0.25) is 0 Å². The minimum Gasteiger partial charge on any atom is -0.478 e. The molecule has 3 aromatic rings. The summed E-state index contributed by atoms with van der Waals surface area (Å²) in [7, 11) is 0. The Hall–Kier alpha value is -3.27. The van der Waals surface area contributed by atoms with E-state index in [1.807, 2.05) is 42.5 Å². The van der Waals surface area contributed by atoms with Crippen molar-refractivity contribution >= 4 is 17.3 Å². The van der Waals surface area contributed by atoms with Crippen LogP contribution in [0.2, 0.25) is 0 Å². The third-order valence-electron chi connectivity index (χ3n) is 4.56. The summed E-state index contributed by atoms with van der Waals surface area (Å²) in [6, 6.07) is 25.5. The quantitative estimate of drug-likeness (QED) is 0.651. The first kappa shape index (κ1) is 15.3. The highest BCUT2D eigenvalue weighted by Gasteiger charge is 2.32. The number of anilines is 2. The Morgan fingerprint density at radius 3 is 1.84 bits per heavy atom. The molecule has 3 aromatic carbocycles. The second-order valence-electron chi connectivity index (χ2n) is 6.10. The molecule has 0 bridgehead atoms. The molecule has 124 valence electrons. The van der Waals surface area contributed by atoms with Crippen molar-refractivity contribution in [1.82, 2.24) is 0 Å². The van der Waals surface area contributed by atoms with Crippen LogP contribution < -0.4 is 10.6 Å². The Morgan fingerprint density at radius 2 is 1.28 bits per heavy atom. The van der Waals surface area contributed by atoms with Crippen LogP contribution in [0.25, 0.3) is 0 Å². The van der Waals surface area contributed by atoms with E-state index in [4.69, 9.17) is 0 Å². The topological polar surface area (TPSA) is 61.4 Å². The van der Waals surface area contributed by atoms with E-state index < -0.39 is 5.97 Å². The maximum absolute atomic E-state index is 11.6. The van der Waals surface area contributed by atoms with Crippen molar-refractivity contribution in [3.63, 3.8) is 0 Å². The third-order valence-corrected chi connectivity index (χ3v) is 4.56. The van der Waals surface area contributed by atoms with Gasteiger partial charge in [0.05, 0.1) is 29.0 Å². The smallest absolute Gasteiger partial charge is 0.337 e. The van der Waals surface area contributed by atoms with Crippen molar-refractivity contribution in [2.45, 2.75) is 12.1 Å². The van der Waals surface area contributed by atoms with Crippen molar-refractivity contribution in [3.05, 3.63) is 95.6 Å². The van der Waals surface area contributed by atoms with Gasteiger partial charge in [0.15, 0.2) is 0 Å². The molecule has 4 rings (SSSR count). The Kier molecular flexibility index (Phi) is 3.86. The molecule has 0 fully saturated rings. The van der Waals surface area contributed by atoms with Crippen LogP contribution in [-0.4, -0.2) is 11.1 Å². The van der Waals surface area contributed by atoms with Gasteiger partial charge >= 0.3 is 5.97 Å². The fraction of sp³-hybridized carbons (Fsp3) is 0.0952. The first-order valence-corrected chi connectivity index (χ1v) is 8.23. The Morgan fingerprint density at radius 1 is 0.720 bits per heavy atom. The zero-order valence-corrected chi connectivity index (χ0v) is 13.5. The van der Waals surface area contributed by atoms with Gasteiger partial charge in [-0.05, 0) is 23.3 Å². The number of carboxylic acids is 1. The lowest BCUT2D eigenvalue weighted by Crippen LogP contribution is -2.31. The van der Waals surface area contributed by atoms with Crippen molar-refractivity contribution < 1.29 is 9.90 Å². The van der Waals surface area contributed by atoms with E-state index in [2.05, 4.69) is 34.9 Å². The number of nitrogens with one attached hydrogen (secondary N) is 2. The SMILES string of the molecule is O=C(O)c1cccc2c1NC(c1ccccc1)C(c1ccccc1)N2. The zero-order chi connectivity index (χ0) is 17.2. The molecule has 0 aliphatic carbocycles. The second kappa shape index (κ2) is 6.32. The summed E-state index contributed by atoms with van der Waals surface area (Å²) in [5, 5.41) is 16.5. The number of rotatable bonds is 3. The third kappa shape index (κ3) is 2.83. The lowest BCUT2D eigenvalue weighted by atomic mass is 9.90. The van der Waals surface area contributed by atoms with E-state index in [0.29, 0.717) is 5.69 Å². The van der Waals surface area contributed by atoms with Crippen molar-refractivity contribution in [2.24, 2.45) is 0 Å². The van der Waals surface area contributed by atoms with Gasteiger partial charge < -0.3 is 15.7 Å². The summed E-state index contributed by atoms with van der Waals surface area (Å²) < 4.78 is 0. The predicted octanol–water partition coefficient (Wildman–Crippen LogP) is 4.70. The monoisotopic (exact) mass is 330 g/mol. The summed E-state index contributed by atoms with van der Waals surface area (Å²) in [6.07, 6.45) is 0. The molecule has 2 atom stereocenters. The van der Waals surface area contributed by atoms with Crippen LogP contribution in [0.3, 0.4) is 0 Å². The first-order valence-electron chi connectivity index (χ1n) is 8.23. The molecule has 0 saturated heterocycles. The number of para-hydroxylation sites is 1. The van der Waals surface area contributed by atoms with Crippen molar-refractivity contribution in [3.8, 4) is 0 Å². The van der Waals surface area contributed by atoms with Gasteiger partial charge in [0.2, 0.25) is 0 Å². The fourth-order valence-corrected chi connectivity index (χ4v) is 3.37. The van der Waals surface area contributed by atoms with Crippen LogP contribution in [0.4, 0.5) is 11.4 Å². The van der Waals surface area contributed by atoms with Gasteiger partial charge in [0.1, 0.15) is 0 Å². The summed E-state index contributed by atoms with van der Waals surface area (Å²) in [4.78, 5) is 11.6. The molecule has 0 radical (unpaired) electrons. The van der Waals surface area contributed by atoms with Gasteiger partial charge in [-0.25, -0.2) is 4.79 Å². The Balaban J connectivity index is 1.84. The van der Waals surface area contributed by atoms with Gasteiger partial charge in [-0.15, -0.1) is 0 Å². The number of carboxylic acid groups (broad SMARTS) is 1. The molecule has 4 heteroatoms. The average molecular weight is 330 g/mol. The van der Waals surface area contributed by atoms with Gasteiger partial charge in [-0.1, -0.05) is 66.7 Å². The largest absolute Gasteiger partial charge is 0.478 e. The summed E-state index contributed by atoms with van der Waals surface area (Å²) in [5.41, 5.74) is 3.97. The average Bonchev–Trinajstić information content (AvgIpc) is 2.67. The normalized spacial score (nSPS) is 18.6. The molecule has 25 heavy (non-hydrogen) atoms. The molecule has 0 amide bonds. The number of aromatic carboxylic acids is 1. The van der Waals surface area contributed by atoms with E-state index in [1.54, 1.807) is 12.1 Å². The molecular weight excluding hydrogens is 312 g/mol. The van der Waals surface area contributed by atoms with Gasteiger partial charge in [0.25, 0.3) is 0 Å². The summed E-state index contributed by atoms with van der Waals surface area (Å²) in [6.45, 7) is 0. The van der Waals surface area contributed by atoms with E-state index in [-0.39, 0.29) is 17.6 Å². The van der Waals surface area contributed by atoms with Gasteiger partial charge in [-0.2, -0.15) is 0 Å². The van der Waals surface area contributed by atoms with Crippen molar-refractivity contribution in [1.29, 1.82) is 0 Å². The summed E-state index contributed by atoms with van der Waals surface area (Å²) >= 11 is 0. The number of fused-ring (bicyclic) bond motifs is 1. The molecule has 1 heterocycles.